The van der Waals surface area contributed by atoms with Gasteiger partial charge < -0.3 is 35.8 Å². The second kappa shape index (κ2) is 14.1. The first-order valence-electron chi connectivity index (χ1n) is 10.8. The molecule has 1 unspecified atom stereocenters. The molecule has 0 aromatic carbocycles. The van der Waals surface area contributed by atoms with E-state index in [2.05, 4.69) is 10.6 Å². The van der Waals surface area contributed by atoms with Gasteiger partial charge in [0.05, 0.1) is 6.04 Å². The average molecular weight is 447 g/mol. The molecule has 0 saturated heterocycles. The van der Waals surface area contributed by atoms with Gasteiger partial charge in [0.25, 0.3) is 0 Å². The number of nitrogens with zero attached hydrogens (tertiary/aromatic N) is 1. The van der Waals surface area contributed by atoms with Crippen LogP contribution in [0.1, 0.15) is 67.2 Å². The highest BCUT2D eigenvalue weighted by atomic mass is 16.6. The zero-order valence-corrected chi connectivity index (χ0v) is 20.0. The van der Waals surface area contributed by atoms with Crippen molar-refractivity contribution in [3.05, 3.63) is 0 Å². The lowest BCUT2D eigenvalue weighted by Crippen LogP contribution is -2.42. The molecule has 0 aliphatic rings. The van der Waals surface area contributed by atoms with Gasteiger partial charge in [0.2, 0.25) is 5.91 Å². The van der Waals surface area contributed by atoms with Crippen LogP contribution in [0.25, 0.3) is 0 Å². The predicted molar refractivity (Wildman–Crippen MR) is 119 cm³/mol. The van der Waals surface area contributed by atoms with Gasteiger partial charge in [0, 0.05) is 32.8 Å². The molecule has 0 aromatic rings. The molecule has 10 nitrogen and oxygen atoms in total. The third kappa shape index (κ3) is 16.3. The lowest BCUT2D eigenvalue weighted by Gasteiger charge is -2.27. The minimum Gasteiger partial charge on any atom is -0.444 e. The van der Waals surface area contributed by atoms with Crippen LogP contribution < -0.4 is 16.4 Å². The van der Waals surface area contributed by atoms with Crippen molar-refractivity contribution in [1.29, 1.82) is 0 Å². The fraction of sp³-hybridized carbons (Fsp3) is 0.857. The maximum Gasteiger partial charge on any atom is 0.410 e. The first kappa shape index (κ1) is 28.9. The Hall–Kier alpha value is -2.07. The van der Waals surface area contributed by atoms with E-state index in [1.54, 1.807) is 46.4 Å². The van der Waals surface area contributed by atoms with Gasteiger partial charge >= 0.3 is 12.2 Å². The van der Waals surface area contributed by atoms with E-state index >= 15 is 0 Å². The zero-order chi connectivity index (χ0) is 24.1. The Morgan fingerprint density at radius 3 is 2.00 bits per heavy atom. The number of alkyl carbamates (subject to hydrolysis) is 1. The average Bonchev–Trinajstić information content (AvgIpc) is 2.60. The summed E-state index contributed by atoms with van der Waals surface area (Å²) in [5.41, 5.74) is 4.46. The lowest BCUT2D eigenvalue weighted by molar-refractivity contribution is -0.122. The van der Waals surface area contributed by atoms with Gasteiger partial charge in [-0.15, -0.1) is 0 Å². The number of unbranched alkanes of at least 4 members (excludes halogenated alkanes) is 1. The Balaban J connectivity index is 4.44. The summed E-state index contributed by atoms with van der Waals surface area (Å²) >= 11 is 0. The van der Waals surface area contributed by atoms with Crippen LogP contribution in [-0.2, 0) is 14.3 Å². The molecule has 0 bridgehead atoms. The molecule has 0 aromatic heterocycles. The largest absolute Gasteiger partial charge is 0.444 e. The smallest absolute Gasteiger partial charge is 0.410 e. The quantitative estimate of drug-likeness (QED) is 0.334. The van der Waals surface area contributed by atoms with Crippen LogP contribution in [0.5, 0.6) is 0 Å². The minimum absolute atomic E-state index is 0.137. The van der Waals surface area contributed by atoms with Crippen molar-refractivity contribution in [2.45, 2.75) is 84.5 Å². The van der Waals surface area contributed by atoms with Crippen molar-refractivity contribution in [3.8, 4) is 0 Å². The molecule has 0 heterocycles. The van der Waals surface area contributed by atoms with Crippen molar-refractivity contribution in [3.63, 3.8) is 0 Å². The van der Waals surface area contributed by atoms with Gasteiger partial charge in [0.1, 0.15) is 11.2 Å². The molecule has 3 amide bonds. The molecule has 0 rings (SSSR count). The Kier molecular flexibility index (Phi) is 13.1. The van der Waals surface area contributed by atoms with E-state index in [9.17, 15) is 14.4 Å². The number of rotatable bonds is 12. The third-order valence-electron chi connectivity index (χ3n) is 3.86. The summed E-state index contributed by atoms with van der Waals surface area (Å²) in [6, 6.07) is -0.722. The number of nitrogens with two attached hydrogens (primary N) is 1. The fourth-order valence-electron chi connectivity index (χ4n) is 2.44. The van der Waals surface area contributed by atoms with Crippen LogP contribution in [0.4, 0.5) is 9.59 Å². The Bertz CT molecular complexity index is 557. The number of amides is 3. The summed E-state index contributed by atoms with van der Waals surface area (Å²) in [4.78, 5) is 37.5. The summed E-state index contributed by atoms with van der Waals surface area (Å²) in [5, 5.41) is 14.2. The van der Waals surface area contributed by atoms with E-state index in [1.807, 2.05) is 0 Å². The number of ether oxygens (including phenoxy) is 2. The van der Waals surface area contributed by atoms with Crippen molar-refractivity contribution < 1.29 is 29.0 Å². The number of nitrogens with one attached hydrogen (secondary N) is 2. The molecule has 0 aliphatic heterocycles. The standard InChI is InChI=1S/C21H42N4O6/c1-20(2,3)30-18(28)24-12-9-14-25(19(29)31-21(4,5)6)13-8-7-11-23-17(27)16(22)10-15-26/h16,26H,7-15,22H2,1-6H3,(H,23,27)(H,24,28). The van der Waals surface area contributed by atoms with Crippen molar-refractivity contribution in [1.82, 2.24) is 15.5 Å². The van der Waals surface area contributed by atoms with Crippen LogP contribution in [-0.4, -0.2) is 78.1 Å². The maximum absolute atomic E-state index is 12.5. The van der Waals surface area contributed by atoms with Crippen molar-refractivity contribution >= 4 is 18.1 Å². The van der Waals surface area contributed by atoms with Crippen LogP contribution in [0.15, 0.2) is 0 Å². The summed E-state index contributed by atoms with van der Waals surface area (Å²) in [7, 11) is 0. The number of carbonyl (C=O) groups excluding carboxylic acids is 3. The zero-order valence-electron chi connectivity index (χ0n) is 20.0. The molecule has 0 aliphatic carbocycles. The molecule has 0 spiro atoms. The monoisotopic (exact) mass is 446 g/mol. The summed E-state index contributed by atoms with van der Waals surface area (Å²) in [6.07, 6.45) is 1.17. The van der Waals surface area contributed by atoms with Gasteiger partial charge in [-0.1, -0.05) is 0 Å². The van der Waals surface area contributed by atoms with Gasteiger partial charge in [-0.3, -0.25) is 4.79 Å². The third-order valence-corrected chi connectivity index (χ3v) is 3.86. The van der Waals surface area contributed by atoms with E-state index in [0.717, 1.165) is 0 Å². The Morgan fingerprint density at radius 1 is 0.903 bits per heavy atom. The first-order chi connectivity index (χ1) is 14.2. The van der Waals surface area contributed by atoms with Crippen molar-refractivity contribution in [2.75, 3.05) is 32.8 Å². The molecule has 5 N–H and O–H groups in total. The molecule has 0 saturated carbocycles. The molecule has 31 heavy (non-hydrogen) atoms. The van der Waals surface area contributed by atoms with Gasteiger partial charge in [-0.2, -0.15) is 0 Å². The maximum atomic E-state index is 12.5. The number of aliphatic hydroxyl groups excluding tert-OH is 1. The van der Waals surface area contributed by atoms with Gasteiger partial charge in [-0.05, 0) is 67.2 Å². The lowest BCUT2D eigenvalue weighted by atomic mass is 10.2. The van der Waals surface area contributed by atoms with Crippen molar-refractivity contribution in [2.24, 2.45) is 5.73 Å². The van der Waals surface area contributed by atoms with Crippen LogP contribution >= 0.6 is 0 Å². The van der Waals surface area contributed by atoms with E-state index in [-0.39, 0.29) is 18.9 Å². The second-order valence-corrected chi connectivity index (χ2v) is 9.37. The van der Waals surface area contributed by atoms with Crippen LogP contribution in [0.2, 0.25) is 0 Å². The fourth-order valence-corrected chi connectivity index (χ4v) is 2.44. The Morgan fingerprint density at radius 2 is 1.45 bits per heavy atom. The van der Waals surface area contributed by atoms with Crippen LogP contribution in [0.3, 0.4) is 0 Å². The van der Waals surface area contributed by atoms with Crippen LogP contribution in [0, 0.1) is 0 Å². The first-order valence-corrected chi connectivity index (χ1v) is 10.8. The van der Waals surface area contributed by atoms with E-state index in [1.165, 1.54) is 0 Å². The Labute approximate surface area is 186 Å². The molecule has 182 valence electrons. The highest BCUT2D eigenvalue weighted by Crippen LogP contribution is 2.11. The van der Waals surface area contributed by atoms with E-state index in [0.29, 0.717) is 45.4 Å². The number of hydrogen-bond acceptors (Lipinski definition) is 7. The molecular formula is C21H42N4O6. The highest BCUT2D eigenvalue weighted by molar-refractivity contribution is 5.81. The SMILES string of the molecule is CC(C)(C)OC(=O)NCCCN(CCCCNC(=O)C(N)CCO)C(=O)OC(C)(C)C. The highest BCUT2D eigenvalue weighted by Gasteiger charge is 2.22. The van der Waals surface area contributed by atoms with E-state index < -0.39 is 29.4 Å². The van der Waals surface area contributed by atoms with Gasteiger partial charge in [-0.25, -0.2) is 9.59 Å². The number of hydrogen-bond donors (Lipinski definition) is 4. The molecule has 0 fully saturated rings. The number of aliphatic hydroxyl groups is 1. The predicted octanol–water partition coefficient (Wildman–Crippen LogP) is 1.74. The summed E-state index contributed by atoms with van der Waals surface area (Å²) < 4.78 is 10.7. The van der Waals surface area contributed by atoms with E-state index in [4.69, 9.17) is 20.3 Å². The normalized spacial score (nSPS) is 12.6. The number of carbonyl (C=O) groups is 3. The second-order valence-electron chi connectivity index (χ2n) is 9.37. The summed E-state index contributed by atoms with van der Waals surface area (Å²) in [6.45, 7) is 12.3. The van der Waals surface area contributed by atoms with Gasteiger partial charge in [0.15, 0.2) is 0 Å². The summed E-state index contributed by atoms with van der Waals surface area (Å²) in [5.74, 6) is -0.300. The molecular weight excluding hydrogens is 404 g/mol. The molecule has 10 heteroatoms. The topological polar surface area (TPSA) is 143 Å². The molecule has 0 radical (unpaired) electrons. The molecule has 1 atom stereocenters. The minimum atomic E-state index is -0.722.